The van der Waals surface area contributed by atoms with E-state index in [1.165, 1.54) is 4.90 Å². The third kappa shape index (κ3) is 3.98. The van der Waals surface area contributed by atoms with E-state index < -0.39 is 17.7 Å². The van der Waals surface area contributed by atoms with E-state index in [1.54, 1.807) is 12.3 Å². The summed E-state index contributed by atoms with van der Waals surface area (Å²) < 4.78 is 11.5. The maximum Gasteiger partial charge on any atom is 0.410 e. The molecule has 2 amide bonds. The molecule has 0 bridgehead atoms. The number of furan rings is 1. The minimum absolute atomic E-state index is 0.210. The van der Waals surface area contributed by atoms with Gasteiger partial charge in [0.15, 0.2) is 0 Å². The molecule has 1 saturated heterocycles. The quantitative estimate of drug-likeness (QED) is 0.791. The summed E-state index contributed by atoms with van der Waals surface area (Å²) in [6.07, 6.45) is 2.56. The number of nitrogens with one attached hydrogen (secondary N) is 1. The van der Waals surface area contributed by atoms with Crippen LogP contribution in [-0.4, -0.2) is 35.1 Å². The molecule has 1 aliphatic rings. The number of carbonyl (C=O) groups is 2. The van der Waals surface area contributed by atoms with Crippen LogP contribution in [-0.2, 0) is 9.53 Å². The molecule has 0 aliphatic carbocycles. The second-order valence-corrected chi connectivity index (χ2v) is 7.97. The summed E-state index contributed by atoms with van der Waals surface area (Å²) in [6, 6.07) is 4.94. The minimum atomic E-state index is -0.585. The van der Waals surface area contributed by atoms with E-state index in [4.69, 9.17) is 9.15 Å². The van der Waals surface area contributed by atoms with Gasteiger partial charge in [0.25, 0.3) is 0 Å². The fraction of sp³-hybridized carbons (Fsp3) is 0.444. The molecule has 25 heavy (non-hydrogen) atoms. The third-order valence-electron chi connectivity index (χ3n) is 3.96. The number of amides is 2. The van der Waals surface area contributed by atoms with Gasteiger partial charge in [-0.1, -0.05) is 0 Å². The molecule has 1 aromatic carbocycles. The Hall–Kier alpha value is -2.02. The normalized spacial score (nSPS) is 17.8. The Balaban J connectivity index is 1.73. The fourth-order valence-corrected chi connectivity index (χ4v) is 3.48. The zero-order valence-corrected chi connectivity index (χ0v) is 16.1. The van der Waals surface area contributed by atoms with Crippen LogP contribution < -0.4 is 5.32 Å². The molecule has 7 heteroatoms. The number of carbonyl (C=O) groups excluding carboxylic acids is 2. The van der Waals surface area contributed by atoms with Crippen LogP contribution in [0.4, 0.5) is 10.5 Å². The van der Waals surface area contributed by atoms with Crippen LogP contribution in [0.5, 0.6) is 0 Å². The van der Waals surface area contributed by atoms with Crippen LogP contribution in [0.25, 0.3) is 11.0 Å². The van der Waals surface area contributed by atoms with Crippen molar-refractivity contribution in [3.63, 3.8) is 0 Å². The molecule has 1 unspecified atom stereocenters. The van der Waals surface area contributed by atoms with Crippen LogP contribution in [0, 0.1) is 0 Å². The first-order chi connectivity index (χ1) is 11.7. The van der Waals surface area contributed by atoms with Crippen molar-refractivity contribution in [1.29, 1.82) is 0 Å². The highest BCUT2D eigenvalue weighted by molar-refractivity contribution is 9.10. The molecule has 2 aromatic rings. The molecule has 1 N–H and O–H groups in total. The molecule has 1 fully saturated rings. The summed E-state index contributed by atoms with van der Waals surface area (Å²) in [5, 5.41) is 3.78. The Bertz CT molecular complexity index is 809. The number of anilines is 1. The number of rotatable bonds is 2. The molecule has 0 radical (unpaired) electrons. The standard InChI is InChI=1S/C18H21BrN2O4/c1-18(2,3)25-17(23)21-7-4-5-14(21)16(22)20-12-9-11-6-8-24-15(11)13(19)10-12/h6,8-10,14H,4-5,7H2,1-3H3,(H,20,22). The SMILES string of the molecule is CC(C)(C)OC(=O)N1CCCC1C(=O)Nc1cc(Br)c2occc2c1. The molecule has 134 valence electrons. The van der Waals surface area contributed by atoms with Crippen LogP contribution in [0.15, 0.2) is 33.4 Å². The van der Waals surface area contributed by atoms with Crippen molar-refractivity contribution in [2.75, 3.05) is 11.9 Å². The van der Waals surface area contributed by atoms with E-state index >= 15 is 0 Å². The Morgan fingerprint density at radius 3 is 2.84 bits per heavy atom. The van der Waals surface area contributed by atoms with E-state index in [0.29, 0.717) is 18.7 Å². The number of hydrogen-bond acceptors (Lipinski definition) is 4. The Morgan fingerprint density at radius 2 is 2.12 bits per heavy atom. The molecule has 1 atom stereocenters. The summed E-state index contributed by atoms with van der Waals surface area (Å²) in [5.74, 6) is -0.210. The lowest BCUT2D eigenvalue weighted by molar-refractivity contribution is -0.120. The van der Waals surface area contributed by atoms with Gasteiger partial charge in [-0.15, -0.1) is 0 Å². The zero-order valence-electron chi connectivity index (χ0n) is 14.5. The van der Waals surface area contributed by atoms with Gasteiger partial charge in [0.05, 0.1) is 10.7 Å². The first-order valence-electron chi connectivity index (χ1n) is 8.22. The minimum Gasteiger partial charge on any atom is -0.463 e. The van der Waals surface area contributed by atoms with Gasteiger partial charge in [-0.05, 0) is 67.7 Å². The maximum atomic E-state index is 12.7. The van der Waals surface area contributed by atoms with Crippen LogP contribution in [0.1, 0.15) is 33.6 Å². The summed E-state index contributed by atoms with van der Waals surface area (Å²) in [5.41, 5.74) is 0.800. The van der Waals surface area contributed by atoms with Gasteiger partial charge in [0.2, 0.25) is 5.91 Å². The number of nitrogens with zero attached hydrogens (tertiary/aromatic N) is 1. The van der Waals surface area contributed by atoms with Crippen molar-refractivity contribution >= 4 is 44.6 Å². The first-order valence-corrected chi connectivity index (χ1v) is 9.01. The summed E-state index contributed by atoms with van der Waals surface area (Å²) in [4.78, 5) is 26.5. The summed E-state index contributed by atoms with van der Waals surface area (Å²) >= 11 is 3.44. The predicted octanol–water partition coefficient (Wildman–Crippen LogP) is 4.53. The highest BCUT2D eigenvalue weighted by Gasteiger charge is 2.36. The van der Waals surface area contributed by atoms with Crippen LogP contribution in [0.3, 0.4) is 0 Å². The highest BCUT2D eigenvalue weighted by atomic mass is 79.9. The lowest BCUT2D eigenvalue weighted by Gasteiger charge is -2.28. The van der Waals surface area contributed by atoms with Gasteiger partial charge in [0.1, 0.15) is 17.2 Å². The van der Waals surface area contributed by atoms with E-state index in [9.17, 15) is 9.59 Å². The van der Waals surface area contributed by atoms with E-state index in [-0.39, 0.29) is 5.91 Å². The topological polar surface area (TPSA) is 71.8 Å². The maximum absolute atomic E-state index is 12.7. The van der Waals surface area contributed by atoms with E-state index in [2.05, 4.69) is 21.2 Å². The third-order valence-corrected chi connectivity index (χ3v) is 4.55. The van der Waals surface area contributed by atoms with Crippen molar-refractivity contribution < 1.29 is 18.7 Å². The monoisotopic (exact) mass is 408 g/mol. The predicted molar refractivity (Wildman–Crippen MR) is 98.5 cm³/mol. The lowest BCUT2D eigenvalue weighted by Crippen LogP contribution is -2.45. The summed E-state index contributed by atoms with van der Waals surface area (Å²) in [7, 11) is 0. The Morgan fingerprint density at radius 1 is 1.36 bits per heavy atom. The van der Waals surface area contributed by atoms with Gasteiger partial charge in [0, 0.05) is 17.6 Å². The Labute approximate surface area is 154 Å². The van der Waals surface area contributed by atoms with Gasteiger partial charge >= 0.3 is 6.09 Å². The fourth-order valence-electron chi connectivity index (χ4n) is 2.91. The number of benzene rings is 1. The van der Waals surface area contributed by atoms with Crippen LogP contribution in [0.2, 0.25) is 0 Å². The molecular formula is C18H21BrN2O4. The van der Waals surface area contributed by atoms with Crippen molar-refractivity contribution in [3.8, 4) is 0 Å². The second-order valence-electron chi connectivity index (χ2n) is 7.12. The Kier molecular flexibility index (Phi) is 4.77. The van der Waals surface area contributed by atoms with Gasteiger partial charge in [-0.3, -0.25) is 9.69 Å². The van der Waals surface area contributed by atoms with Gasteiger partial charge in [-0.25, -0.2) is 4.79 Å². The average Bonchev–Trinajstić information content (AvgIpc) is 3.14. The number of halogens is 1. The zero-order chi connectivity index (χ0) is 18.2. The first kappa shape index (κ1) is 17.8. The summed E-state index contributed by atoms with van der Waals surface area (Å²) in [6.45, 7) is 5.96. The van der Waals surface area contributed by atoms with Crippen molar-refractivity contribution in [3.05, 3.63) is 28.9 Å². The van der Waals surface area contributed by atoms with Crippen molar-refractivity contribution in [1.82, 2.24) is 4.90 Å². The molecule has 2 heterocycles. The van der Waals surface area contributed by atoms with Crippen molar-refractivity contribution in [2.24, 2.45) is 0 Å². The average molecular weight is 409 g/mol. The van der Waals surface area contributed by atoms with E-state index in [0.717, 1.165) is 21.9 Å². The van der Waals surface area contributed by atoms with E-state index in [1.807, 2.05) is 32.9 Å². The lowest BCUT2D eigenvalue weighted by atomic mass is 10.2. The molecular weight excluding hydrogens is 388 g/mol. The highest BCUT2D eigenvalue weighted by Crippen LogP contribution is 2.30. The van der Waals surface area contributed by atoms with Crippen LogP contribution >= 0.6 is 15.9 Å². The smallest absolute Gasteiger partial charge is 0.410 e. The molecule has 6 nitrogen and oxygen atoms in total. The number of ether oxygens (including phenoxy) is 1. The number of hydrogen-bond donors (Lipinski definition) is 1. The van der Waals surface area contributed by atoms with Crippen molar-refractivity contribution in [2.45, 2.75) is 45.3 Å². The number of likely N-dealkylation sites (tertiary alicyclic amines) is 1. The second kappa shape index (κ2) is 6.71. The molecule has 3 rings (SSSR count). The number of fused-ring (bicyclic) bond motifs is 1. The van der Waals surface area contributed by atoms with Gasteiger partial charge in [-0.2, -0.15) is 0 Å². The molecule has 1 aliphatic heterocycles. The largest absolute Gasteiger partial charge is 0.463 e. The molecule has 0 saturated carbocycles. The van der Waals surface area contributed by atoms with Gasteiger partial charge < -0.3 is 14.5 Å². The molecule has 0 spiro atoms. The molecule has 1 aromatic heterocycles.